The van der Waals surface area contributed by atoms with Crippen molar-refractivity contribution in [3.8, 4) is 5.75 Å². The highest BCUT2D eigenvalue weighted by Crippen LogP contribution is 2.12. The van der Waals surface area contributed by atoms with Gasteiger partial charge in [0, 0.05) is 19.4 Å². The Morgan fingerprint density at radius 2 is 1.37 bits per heavy atom. The quantitative estimate of drug-likeness (QED) is 0.0461. The summed E-state index contributed by atoms with van der Waals surface area (Å²) in [7, 11) is 0. The Bertz CT molecular complexity index is 1120. The number of aliphatic imine (C=N–C) groups is 1. The molecule has 4 amide bonds. The van der Waals surface area contributed by atoms with Crippen molar-refractivity contribution >= 4 is 41.5 Å². The number of hydrogen-bond acceptors (Lipinski definition) is 9. The van der Waals surface area contributed by atoms with Gasteiger partial charge >= 0.3 is 11.9 Å². The van der Waals surface area contributed by atoms with Gasteiger partial charge in [-0.15, -0.1) is 0 Å². The number of carboxylic acids is 2. The van der Waals surface area contributed by atoms with E-state index in [1.54, 1.807) is 0 Å². The molecule has 17 heteroatoms. The van der Waals surface area contributed by atoms with Gasteiger partial charge in [0.1, 0.15) is 23.9 Å². The largest absolute Gasteiger partial charge is 0.508 e. The second-order valence-electron chi connectivity index (χ2n) is 9.05. The highest BCUT2D eigenvalue weighted by atomic mass is 16.4. The number of guanidine groups is 1. The van der Waals surface area contributed by atoms with E-state index in [0.29, 0.717) is 12.0 Å². The first-order chi connectivity index (χ1) is 19.2. The molecule has 0 aromatic heterocycles. The molecule has 4 unspecified atom stereocenters. The fraction of sp³-hybridized carbons (Fsp3) is 0.458. The van der Waals surface area contributed by atoms with Gasteiger partial charge in [0.05, 0.1) is 12.5 Å². The van der Waals surface area contributed by atoms with Gasteiger partial charge in [0.2, 0.25) is 23.6 Å². The number of benzene rings is 1. The van der Waals surface area contributed by atoms with Gasteiger partial charge in [-0.05, 0) is 37.0 Å². The van der Waals surface area contributed by atoms with Gasteiger partial charge < -0.3 is 54.2 Å². The van der Waals surface area contributed by atoms with Gasteiger partial charge in [0.15, 0.2) is 5.96 Å². The van der Waals surface area contributed by atoms with Crippen LogP contribution < -0.4 is 38.9 Å². The highest BCUT2D eigenvalue weighted by molar-refractivity contribution is 5.95. The summed E-state index contributed by atoms with van der Waals surface area (Å²) in [6, 6.07) is 0.0121. The molecule has 0 spiro atoms. The van der Waals surface area contributed by atoms with Crippen molar-refractivity contribution in [1.82, 2.24) is 16.0 Å². The number of carbonyl (C=O) groups is 6. The molecule has 1 aromatic carbocycles. The molecule has 0 saturated heterocycles. The van der Waals surface area contributed by atoms with Crippen LogP contribution in [0.15, 0.2) is 29.3 Å². The molecule has 14 N–H and O–H groups in total. The third kappa shape index (κ3) is 13.6. The summed E-state index contributed by atoms with van der Waals surface area (Å²) in [4.78, 5) is 76.4. The van der Waals surface area contributed by atoms with E-state index in [4.69, 9.17) is 28.0 Å². The lowest BCUT2D eigenvalue weighted by atomic mass is 10.0. The van der Waals surface area contributed by atoms with E-state index in [1.165, 1.54) is 24.3 Å². The Morgan fingerprint density at radius 3 is 1.90 bits per heavy atom. The predicted molar refractivity (Wildman–Crippen MR) is 144 cm³/mol. The summed E-state index contributed by atoms with van der Waals surface area (Å²) in [5, 5.41) is 34.6. The Morgan fingerprint density at radius 1 is 0.805 bits per heavy atom. The molecular formula is C24H36N8O9. The Balaban J connectivity index is 3.14. The van der Waals surface area contributed by atoms with E-state index in [2.05, 4.69) is 15.6 Å². The highest BCUT2D eigenvalue weighted by Gasteiger charge is 2.31. The summed E-state index contributed by atoms with van der Waals surface area (Å²) in [6.45, 7) is 0.219. The SMILES string of the molecule is NC(=O)CCC(NC(=O)C(Cc1ccc(O)cc1)NC(=O)C(N)CCCN=C(N)N)C(=O)NC(CC(=O)O)C(=O)O. The first-order valence-electron chi connectivity index (χ1n) is 12.4. The van der Waals surface area contributed by atoms with E-state index < -0.39 is 66.2 Å². The summed E-state index contributed by atoms with van der Waals surface area (Å²) in [5.41, 5.74) is 22.1. The Labute approximate surface area is 234 Å². The topological polar surface area (TPSA) is 316 Å². The summed E-state index contributed by atoms with van der Waals surface area (Å²) < 4.78 is 0. The molecule has 1 rings (SSSR count). The number of phenolic OH excluding ortho intramolecular Hbond substituents is 1. The van der Waals surface area contributed by atoms with Crippen molar-refractivity contribution in [3.63, 3.8) is 0 Å². The smallest absolute Gasteiger partial charge is 0.326 e. The molecule has 1 aromatic rings. The monoisotopic (exact) mass is 580 g/mol. The maximum Gasteiger partial charge on any atom is 0.326 e. The van der Waals surface area contributed by atoms with Crippen LogP contribution in [0.5, 0.6) is 5.75 Å². The fourth-order valence-electron chi connectivity index (χ4n) is 3.48. The van der Waals surface area contributed by atoms with Crippen LogP contribution in [0.1, 0.15) is 37.7 Å². The number of carbonyl (C=O) groups excluding carboxylic acids is 4. The summed E-state index contributed by atoms with van der Waals surface area (Å²) >= 11 is 0. The molecule has 0 aliphatic rings. The van der Waals surface area contributed by atoms with Crippen LogP contribution in [0.25, 0.3) is 0 Å². The average Bonchev–Trinajstić information content (AvgIpc) is 2.88. The van der Waals surface area contributed by atoms with E-state index in [1.807, 2.05) is 5.32 Å². The van der Waals surface area contributed by atoms with Gasteiger partial charge in [-0.3, -0.25) is 29.0 Å². The molecule has 41 heavy (non-hydrogen) atoms. The second kappa shape index (κ2) is 16.9. The number of rotatable bonds is 18. The molecule has 0 heterocycles. The normalized spacial score (nSPS) is 13.5. The Hall–Kier alpha value is -4.93. The molecule has 0 radical (unpaired) electrons. The number of carboxylic acid groups (broad SMARTS) is 2. The first kappa shape index (κ1) is 34.1. The first-order valence-corrected chi connectivity index (χ1v) is 12.4. The van der Waals surface area contributed by atoms with Gasteiger partial charge in [-0.2, -0.15) is 0 Å². The van der Waals surface area contributed by atoms with Crippen LogP contribution in [0.4, 0.5) is 0 Å². The number of amides is 4. The van der Waals surface area contributed by atoms with E-state index >= 15 is 0 Å². The van der Waals surface area contributed by atoms with Crippen LogP contribution in [0.3, 0.4) is 0 Å². The van der Waals surface area contributed by atoms with E-state index in [0.717, 1.165) is 0 Å². The molecule has 0 aliphatic heterocycles. The van der Waals surface area contributed by atoms with Crippen molar-refractivity contribution < 1.29 is 44.1 Å². The molecule has 0 fully saturated rings. The maximum atomic E-state index is 13.3. The lowest BCUT2D eigenvalue weighted by Crippen LogP contribution is -2.57. The van der Waals surface area contributed by atoms with E-state index in [-0.39, 0.29) is 43.9 Å². The van der Waals surface area contributed by atoms with Crippen LogP contribution in [0, 0.1) is 0 Å². The average molecular weight is 581 g/mol. The minimum Gasteiger partial charge on any atom is -0.508 e. The molecule has 0 bridgehead atoms. The fourth-order valence-corrected chi connectivity index (χ4v) is 3.48. The number of aliphatic carboxylic acids is 2. The number of primary amides is 1. The van der Waals surface area contributed by atoms with Crippen molar-refractivity contribution in [2.24, 2.45) is 27.9 Å². The lowest BCUT2D eigenvalue weighted by molar-refractivity contribution is -0.147. The minimum absolute atomic E-state index is 0.0425. The van der Waals surface area contributed by atoms with Gasteiger partial charge in [-0.25, -0.2) is 4.79 Å². The minimum atomic E-state index is -1.82. The molecular weight excluding hydrogens is 544 g/mol. The van der Waals surface area contributed by atoms with Crippen molar-refractivity contribution in [2.75, 3.05) is 6.54 Å². The number of hydrogen-bond donors (Lipinski definition) is 10. The van der Waals surface area contributed by atoms with Gasteiger partial charge in [0.25, 0.3) is 0 Å². The standard InChI is InChI=1S/C24H36N8O9/c25-14(2-1-9-29-24(27)28)20(37)31-16(10-12-3-5-13(33)6-4-12)22(39)30-15(7-8-18(26)34)21(38)32-17(23(40)41)11-19(35)36/h3-6,14-17,33H,1-2,7-11,25H2,(H2,26,34)(H,30,39)(H,31,37)(H,32,38)(H,35,36)(H,40,41)(H4,27,28,29). The van der Waals surface area contributed by atoms with Crippen LogP contribution in [0.2, 0.25) is 0 Å². The maximum absolute atomic E-state index is 13.3. The van der Waals surface area contributed by atoms with Crippen LogP contribution in [-0.4, -0.2) is 87.6 Å². The lowest BCUT2D eigenvalue weighted by Gasteiger charge is -2.25. The van der Waals surface area contributed by atoms with E-state index in [9.17, 15) is 39.0 Å². The zero-order chi connectivity index (χ0) is 31.1. The molecule has 17 nitrogen and oxygen atoms in total. The van der Waals surface area contributed by atoms with Crippen LogP contribution in [-0.2, 0) is 35.2 Å². The zero-order valence-corrected chi connectivity index (χ0v) is 22.1. The third-order valence-electron chi connectivity index (χ3n) is 5.62. The van der Waals surface area contributed by atoms with Crippen molar-refractivity contribution in [3.05, 3.63) is 29.8 Å². The summed E-state index contributed by atoms with van der Waals surface area (Å²) in [5.74, 6) is -6.81. The number of nitrogens with zero attached hydrogens (tertiary/aromatic N) is 1. The molecule has 226 valence electrons. The second-order valence-corrected chi connectivity index (χ2v) is 9.05. The number of phenols is 1. The molecule has 0 aliphatic carbocycles. The Kier molecular flexibility index (Phi) is 14.1. The van der Waals surface area contributed by atoms with Gasteiger partial charge in [-0.1, -0.05) is 12.1 Å². The van der Waals surface area contributed by atoms with Crippen molar-refractivity contribution in [1.29, 1.82) is 0 Å². The number of aromatic hydroxyl groups is 1. The van der Waals surface area contributed by atoms with Crippen LogP contribution >= 0.6 is 0 Å². The molecule has 4 atom stereocenters. The predicted octanol–water partition coefficient (Wildman–Crippen LogP) is -3.41. The number of nitrogens with one attached hydrogen (secondary N) is 3. The molecule has 0 saturated carbocycles. The number of nitrogens with two attached hydrogens (primary N) is 4. The third-order valence-corrected chi connectivity index (χ3v) is 5.62. The summed E-state index contributed by atoms with van der Waals surface area (Å²) in [6.07, 6.45) is -1.27. The van der Waals surface area contributed by atoms with Crippen molar-refractivity contribution in [2.45, 2.75) is 62.7 Å². The zero-order valence-electron chi connectivity index (χ0n) is 22.1.